The van der Waals surface area contributed by atoms with Gasteiger partial charge in [0, 0.05) is 18.2 Å². The van der Waals surface area contributed by atoms with E-state index in [9.17, 15) is 12.8 Å². The predicted octanol–water partition coefficient (Wildman–Crippen LogP) is 2.45. The first-order chi connectivity index (χ1) is 8.43. The molecule has 0 saturated heterocycles. The van der Waals surface area contributed by atoms with Crippen molar-refractivity contribution in [3.8, 4) is 11.3 Å². The summed E-state index contributed by atoms with van der Waals surface area (Å²) < 4.78 is 41.8. The molecular weight excluding hydrogens is 257 g/mol. The Bertz CT molecular complexity index is 676. The van der Waals surface area contributed by atoms with Crippen molar-refractivity contribution < 1.29 is 17.2 Å². The van der Waals surface area contributed by atoms with Gasteiger partial charge < -0.3 is 4.42 Å². The van der Waals surface area contributed by atoms with Gasteiger partial charge in [-0.05, 0) is 18.2 Å². The molecule has 0 saturated carbocycles. The van der Waals surface area contributed by atoms with Gasteiger partial charge in [-0.2, -0.15) is 0 Å². The minimum Gasteiger partial charge on any atom is -0.448 e. The molecule has 4 nitrogen and oxygen atoms in total. The number of rotatable bonds is 3. The molecule has 1 heterocycles. The SMILES string of the molecule is CCc1ocnc1-c1cc(F)ccc1S(C)(=O)=O. The van der Waals surface area contributed by atoms with E-state index in [4.69, 9.17) is 4.42 Å². The Balaban J connectivity index is 2.74. The van der Waals surface area contributed by atoms with E-state index >= 15 is 0 Å². The summed E-state index contributed by atoms with van der Waals surface area (Å²) in [5.74, 6) is 0.0213. The fourth-order valence-corrected chi connectivity index (χ4v) is 2.62. The molecule has 2 rings (SSSR count). The lowest BCUT2D eigenvalue weighted by atomic mass is 10.1. The summed E-state index contributed by atoms with van der Waals surface area (Å²) in [7, 11) is -3.45. The molecule has 1 aromatic heterocycles. The molecule has 2 aromatic rings. The predicted molar refractivity (Wildman–Crippen MR) is 64.4 cm³/mol. The van der Waals surface area contributed by atoms with Crippen LogP contribution in [0.5, 0.6) is 0 Å². The van der Waals surface area contributed by atoms with Gasteiger partial charge in [0.25, 0.3) is 0 Å². The third-order valence-electron chi connectivity index (χ3n) is 2.56. The quantitative estimate of drug-likeness (QED) is 0.803. The van der Waals surface area contributed by atoms with Crippen LogP contribution < -0.4 is 0 Å². The number of benzene rings is 1. The number of nitrogens with zero attached hydrogens (tertiary/aromatic N) is 1. The van der Waals surface area contributed by atoms with Crippen molar-refractivity contribution in [2.45, 2.75) is 18.2 Å². The molecule has 0 amide bonds. The summed E-state index contributed by atoms with van der Waals surface area (Å²) in [6, 6.07) is 3.52. The monoisotopic (exact) mass is 269 g/mol. The van der Waals surface area contributed by atoms with Crippen LogP contribution in [0.25, 0.3) is 11.3 Å². The number of halogens is 1. The van der Waals surface area contributed by atoms with Crippen LogP contribution in [0.15, 0.2) is 33.9 Å². The summed E-state index contributed by atoms with van der Waals surface area (Å²) in [4.78, 5) is 4.02. The first-order valence-electron chi connectivity index (χ1n) is 5.36. The molecule has 0 atom stereocenters. The van der Waals surface area contributed by atoms with E-state index in [0.717, 1.165) is 18.4 Å². The smallest absolute Gasteiger partial charge is 0.181 e. The minimum absolute atomic E-state index is 0.0486. The standard InChI is InChI=1S/C12H12FNO3S/c1-3-10-12(14-7-17-10)9-6-8(13)4-5-11(9)18(2,15)16/h4-7H,3H2,1-2H3. The molecule has 0 radical (unpaired) electrons. The molecule has 1 aromatic carbocycles. The second-order valence-electron chi connectivity index (χ2n) is 3.89. The second-order valence-corrected chi connectivity index (χ2v) is 5.87. The molecule has 0 N–H and O–H groups in total. The zero-order chi connectivity index (χ0) is 13.3. The third kappa shape index (κ3) is 2.28. The van der Waals surface area contributed by atoms with Crippen LogP contribution in [-0.4, -0.2) is 19.7 Å². The molecule has 0 bridgehead atoms. The van der Waals surface area contributed by atoms with E-state index in [-0.39, 0.29) is 10.5 Å². The summed E-state index contributed by atoms with van der Waals surface area (Å²) in [6.07, 6.45) is 2.86. The number of hydrogen-bond acceptors (Lipinski definition) is 4. The summed E-state index contributed by atoms with van der Waals surface area (Å²) in [6.45, 7) is 1.85. The zero-order valence-corrected chi connectivity index (χ0v) is 10.8. The first-order valence-corrected chi connectivity index (χ1v) is 7.25. The average molecular weight is 269 g/mol. The molecule has 0 unspecified atom stereocenters. The van der Waals surface area contributed by atoms with Gasteiger partial charge in [0.1, 0.15) is 17.3 Å². The zero-order valence-electron chi connectivity index (χ0n) is 9.97. The van der Waals surface area contributed by atoms with E-state index in [1.807, 2.05) is 6.92 Å². The van der Waals surface area contributed by atoms with Gasteiger partial charge in [-0.1, -0.05) is 6.92 Å². The van der Waals surface area contributed by atoms with Crippen LogP contribution in [-0.2, 0) is 16.3 Å². The van der Waals surface area contributed by atoms with E-state index in [2.05, 4.69) is 4.98 Å². The molecular formula is C12H12FNO3S. The normalized spacial score (nSPS) is 11.7. The van der Waals surface area contributed by atoms with E-state index in [1.165, 1.54) is 12.5 Å². The number of oxazole rings is 1. The fraction of sp³-hybridized carbons (Fsp3) is 0.250. The highest BCUT2D eigenvalue weighted by Crippen LogP contribution is 2.29. The van der Waals surface area contributed by atoms with Crippen molar-refractivity contribution in [3.05, 3.63) is 36.2 Å². The summed E-state index contributed by atoms with van der Waals surface area (Å²) >= 11 is 0. The first kappa shape index (κ1) is 12.8. The number of aromatic nitrogens is 1. The maximum atomic E-state index is 13.3. The topological polar surface area (TPSA) is 60.2 Å². The molecule has 0 spiro atoms. The Hall–Kier alpha value is -1.69. The third-order valence-corrected chi connectivity index (χ3v) is 3.71. The van der Waals surface area contributed by atoms with Crippen molar-refractivity contribution >= 4 is 9.84 Å². The molecule has 0 aliphatic heterocycles. The van der Waals surface area contributed by atoms with Gasteiger partial charge >= 0.3 is 0 Å². The van der Waals surface area contributed by atoms with Crippen LogP contribution in [0.2, 0.25) is 0 Å². The van der Waals surface area contributed by atoms with Gasteiger partial charge in [0.05, 0.1) is 4.90 Å². The van der Waals surface area contributed by atoms with E-state index in [0.29, 0.717) is 17.9 Å². The van der Waals surface area contributed by atoms with Gasteiger partial charge in [-0.3, -0.25) is 0 Å². The van der Waals surface area contributed by atoms with Crippen LogP contribution >= 0.6 is 0 Å². The Labute approximate surface area is 104 Å². The Kier molecular flexibility index (Phi) is 3.21. The van der Waals surface area contributed by atoms with E-state index < -0.39 is 15.7 Å². The van der Waals surface area contributed by atoms with Crippen molar-refractivity contribution in [2.24, 2.45) is 0 Å². The Morgan fingerprint density at radius 3 is 2.72 bits per heavy atom. The summed E-state index contributed by atoms with van der Waals surface area (Å²) in [5.41, 5.74) is 0.612. The molecule has 0 aliphatic carbocycles. The van der Waals surface area contributed by atoms with Gasteiger partial charge in [0.15, 0.2) is 16.2 Å². The maximum Gasteiger partial charge on any atom is 0.181 e. The van der Waals surface area contributed by atoms with Crippen LogP contribution in [0, 0.1) is 5.82 Å². The van der Waals surface area contributed by atoms with Gasteiger partial charge in [-0.25, -0.2) is 17.8 Å². The van der Waals surface area contributed by atoms with Crippen LogP contribution in [0.1, 0.15) is 12.7 Å². The summed E-state index contributed by atoms with van der Waals surface area (Å²) in [5, 5.41) is 0. The lowest BCUT2D eigenvalue weighted by Gasteiger charge is -2.06. The largest absolute Gasteiger partial charge is 0.448 e. The maximum absolute atomic E-state index is 13.3. The highest BCUT2D eigenvalue weighted by molar-refractivity contribution is 7.90. The lowest BCUT2D eigenvalue weighted by Crippen LogP contribution is -2.01. The van der Waals surface area contributed by atoms with Crippen molar-refractivity contribution in [3.63, 3.8) is 0 Å². The molecule has 96 valence electrons. The minimum atomic E-state index is -3.45. The van der Waals surface area contributed by atoms with Gasteiger partial charge in [0.2, 0.25) is 0 Å². The lowest BCUT2D eigenvalue weighted by molar-refractivity contribution is 0.510. The highest BCUT2D eigenvalue weighted by atomic mass is 32.2. The van der Waals surface area contributed by atoms with Crippen molar-refractivity contribution in [1.29, 1.82) is 0 Å². The van der Waals surface area contributed by atoms with E-state index in [1.54, 1.807) is 0 Å². The Morgan fingerprint density at radius 2 is 2.11 bits per heavy atom. The molecule has 6 heteroatoms. The molecule has 0 fully saturated rings. The highest BCUT2D eigenvalue weighted by Gasteiger charge is 2.19. The fourth-order valence-electron chi connectivity index (χ4n) is 1.75. The average Bonchev–Trinajstić information content (AvgIpc) is 2.75. The van der Waals surface area contributed by atoms with Crippen LogP contribution in [0.3, 0.4) is 0 Å². The van der Waals surface area contributed by atoms with Gasteiger partial charge in [-0.15, -0.1) is 0 Å². The molecule has 18 heavy (non-hydrogen) atoms. The number of hydrogen-bond donors (Lipinski definition) is 0. The Morgan fingerprint density at radius 1 is 1.39 bits per heavy atom. The number of sulfone groups is 1. The molecule has 0 aliphatic rings. The second kappa shape index (κ2) is 4.53. The van der Waals surface area contributed by atoms with Crippen molar-refractivity contribution in [2.75, 3.05) is 6.26 Å². The number of aryl methyl sites for hydroxylation is 1. The van der Waals surface area contributed by atoms with Crippen molar-refractivity contribution in [1.82, 2.24) is 4.98 Å². The van der Waals surface area contributed by atoms with Crippen LogP contribution in [0.4, 0.5) is 4.39 Å².